The smallest absolute Gasteiger partial charge is 0.261 e. The number of hydrogen-bond acceptors (Lipinski definition) is 12. The van der Waals surface area contributed by atoms with E-state index < -0.39 is 0 Å². The van der Waals surface area contributed by atoms with E-state index in [0.717, 1.165) is 47.9 Å². The van der Waals surface area contributed by atoms with Crippen molar-refractivity contribution < 1.29 is 47.6 Å². The van der Waals surface area contributed by atoms with E-state index >= 15 is 0 Å². The minimum atomic E-state index is -0.370. The molecule has 0 bridgehead atoms. The van der Waals surface area contributed by atoms with Gasteiger partial charge in [0.25, 0.3) is 23.6 Å². The number of benzene rings is 4. The van der Waals surface area contributed by atoms with Gasteiger partial charge in [-0.2, -0.15) is 0 Å². The number of amides is 4. The number of imide groups is 2. The van der Waals surface area contributed by atoms with Crippen molar-refractivity contribution in [3.63, 3.8) is 0 Å². The van der Waals surface area contributed by atoms with Crippen LogP contribution >= 0.6 is 0 Å². The first-order chi connectivity index (χ1) is 28.5. The molecule has 4 amide bonds. The van der Waals surface area contributed by atoms with Crippen LogP contribution in [-0.2, 0) is 34.8 Å². The average molecular weight is 799 g/mol. The highest BCUT2D eigenvalue weighted by molar-refractivity contribution is 6.27. The molecule has 0 saturated heterocycles. The molecule has 2 aliphatic rings. The van der Waals surface area contributed by atoms with Gasteiger partial charge in [0.2, 0.25) is 0 Å². The molecular formula is C44H54N4O10. The van der Waals surface area contributed by atoms with Crippen molar-refractivity contribution in [2.24, 2.45) is 5.73 Å². The number of rotatable bonds is 27. The SMILES string of the molecule is CCCOCCOCCNc1ccc2c3c(cccc13)C(=O)N(CCOCCOCCN1C(=O)c3cccc4c(CCCOCCOCCN)ccc(c34)C1=O)C2=O. The van der Waals surface area contributed by atoms with Crippen molar-refractivity contribution in [3.05, 3.63) is 88.5 Å². The molecule has 6 rings (SSSR count). The van der Waals surface area contributed by atoms with Crippen LogP contribution in [0.5, 0.6) is 0 Å². The van der Waals surface area contributed by atoms with E-state index in [1.54, 1.807) is 24.3 Å². The third-order valence-corrected chi connectivity index (χ3v) is 10.0. The van der Waals surface area contributed by atoms with Gasteiger partial charge in [0.15, 0.2) is 0 Å². The molecule has 0 aliphatic carbocycles. The van der Waals surface area contributed by atoms with Crippen LogP contribution in [0, 0.1) is 0 Å². The Labute approximate surface area is 338 Å². The topological polar surface area (TPSA) is 168 Å². The zero-order valence-electron chi connectivity index (χ0n) is 33.3. The lowest BCUT2D eigenvalue weighted by Crippen LogP contribution is -2.42. The fraction of sp³-hybridized carbons (Fsp3) is 0.455. The molecule has 0 spiro atoms. The number of nitrogens with two attached hydrogens (primary N) is 1. The Kier molecular flexibility index (Phi) is 16.1. The summed E-state index contributed by atoms with van der Waals surface area (Å²) in [6, 6.07) is 18.4. The second-order valence-electron chi connectivity index (χ2n) is 13.9. The average Bonchev–Trinajstić information content (AvgIpc) is 3.24. The third kappa shape index (κ3) is 10.2. The van der Waals surface area contributed by atoms with Gasteiger partial charge in [0, 0.05) is 70.4 Å². The van der Waals surface area contributed by atoms with Crippen LogP contribution in [0.3, 0.4) is 0 Å². The van der Waals surface area contributed by atoms with Crippen molar-refractivity contribution in [2.45, 2.75) is 26.2 Å². The third-order valence-electron chi connectivity index (χ3n) is 10.0. The number of carbonyl (C=O) groups excluding carboxylic acids is 4. The first-order valence-corrected chi connectivity index (χ1v) is 20.2. The summed E-state index contributed by atoms with van der Waals surface area (Å²) in [5, 5.41) is 6.38. The Balaban J connectivity index is 0.920. The van der Waals surface area contributed by atoms with Gasteiger partial charge in [-0.3, -0.25) is 29.0 Å². The number of hydrogen-bond donors (Lipinski definition) is 2. The normalized spacial score (nSPS) is 13.8. The largest absolute Gasteiger partial charge is 0.382 e. The van der Waals surface area contributed by atoms with E-state index in [4.69, 9.17) is 34.2 Å². The van der Waals surface area contributed by atoms with Crippen molar-refractivity contribution >= 4 is 50.9 Å². The minimum absolute atomic E-state index is 0.0785. The number of carbonyl (C=O) groups is 4. The molecule has 4 aromatic rings. The monoisotopic (exact) mass is 798 g/mol. The standard InChI is InChI=1S/C44H54N4O10/c1-2-19-53-25-28-56-22-16-46-38-14-13-37-40-33(38)8-4-10-35(40)42(50)48(44(37)52)18-24-58-30-29-57-23-17-47-41(49)34-9-3-7-32-31(11-12-36(39(32)34)43(47)51)6-5-20-54-26-27-55-21-15-45/h3-4,7-14,46H,2,5-6,15-30,45H2,1H3. The highest BCUT2D eigenvalue weighted by Gasteiger charge is 2.34. The molecule has 4 aromatic carbocycles. The lowest BCUT2D eigenvalue weighted by atomic mass is 9.90. The van der Waals surface area contributed by atoms with E-state index in [0.29, 0.717) is 92.4 Å². The summed E-state index contributed by atoms with van der Waals surface area (Å²) in [4.78, 5) is 56.4. The maximum atomic E-state index is 13.5. The van der Waals surface area contributed by atoms with Gasteiger partial charge in [-0.1, -0.05) is 37.3 Å². The van der Waals surface area contributed by atoms with Gasteiger partial charge >= 0.3 is 0 Å². The molecule has 2 aliphatic heterocycles. The van der Waals surface area contributed by atoms with Crippen LogP contribution in [0.2, 0.25) is 0 Å². The quantitative estimate of drug-likeness (QED) is 0.0632. The second-order valence-corrected chi connectivity index (χ2v) is 13.9. The van der Waals surface area contributed by atoms with Crippen molar-refractivity contribution in [2.75, 3.05) is 111 Å². The van der Waals surface area contributed by atoms with Crippen LogP contribution < -0.4 is 11.1 Å². The van der Waals surface area contributed by atoms with E-state index in [1.165, 1.54) is 9.80 Å². The predicted molar refractivity (Wildman–Crippen MR) is 220 cm³/mol. The van der Waals surface area contributed by atoms with Crippen LogP contribution in [0.15, 0.2) is 60.7 Å². The van der Waals surface area contributed by atoms with Crippen LogP contribution in [-0.4, -0.2) is 139 Å². The van der Waals surface area contributed by atoms with Gasteiger partial charge in [0.05, 0.1) is 79.2 Å². The van der Waals surface area contributed by atoms with E-state index in [9.17, 15) is 19.2 Å². The first kappa shape index (κ1) is 42.8. The maximum absolute atomic E-state index is 13.5. The highest BCUT2D eigenvalue weighted by atomic mass is 16.5. The lowest BCUT2D eigenvalue weighted by Gasteiger charge is -2.28. The summed E-state index contributed by atoms with van der Waals surface area (Å²) in [5.74, 6) is -1.44. The summed E-state index contributed by atoms with van der Waals surface area (Å²) in [6.45, 7) is 8.31. The Morgan fingerprint density at radius 2 is 1.00 bits per heavy atom. The highest BCUT2D eigenvalue weighted by Crippen LogP contribution is 2.35. The second kappa shape index (κ2) is 21.8. The summed E-state index contributed by atoms with van der Waals surface area (Å²) >= 11 is 0. The zero-order chi connectivity index (χ0) is 40.7. The molecule has 3 N–H and O–H groups in total. The van der Waals surface area contributed by atoms with E-state index in [1.807, 2.05) is 36.4 Å². The Bertz CT molecular complexity index is 1870. The van der Waals surface area contributed by atoms with Crippen molar-refractivity contribution in [1.82, 2.24) is 9.80 Å². The molecule has 310 valence electrons. The molecule has 0 aromatic heterocycles. The van der Waals surface area contributed by atoms with Crippen LogP contribution in [0.25, 0.3) is 21.5 Å². The molecule has 0 saturated carbocycles. The lowest BCUT2D eigenvalue weighted by molar-refractivity contribution is 0.0264. The van der Waals surface area contributed by atoms with Gasteiger partial charge in [0.1, 0.15) is 0 Å². The number of ether oxygens (including phenoxy) is 6. The van der Waals surface area contributed by atoms with Gasteiger partial charge in [-0.25, -0.2) is 0 Å². The Morgan fingerprint density at radius 3 is 1.59 bits per heavy atom. The van der Waals surface area contributed by atoms with Crippen LogP contribution in [0.4, 0.5) is 5.69 Å². The van der Waals surface area contributed by atoms with Gasteiger partial charge < -0.3 is 39.5 Å². The maximum Gasteiger partial charge on any atom is 0.261 e. The van der Waals surface area contributed by atoms with Crippen LogP contribution in [0.1, 0.15) is 66.8 Å². The minimum Gasteiger partial charge on any atom is -0.382 e. The molecule has 58 heavy (non-hydrogen) atoms. The molecule has 0 fully saturated rings. The summed E-state index contributed by atoms with van der Waals surface area (Å²) in [5.41, 5.74) is 9.22. The summed E-state index contributed by atoms with van der Waals surface area (Å²) in [7, 11) is 0. The zero-order valence-corrected chi connectivity index (χ0v) is 33.3. The number of aryl methyl sites for hydroxylation is 1. The number of nitrogens with zero attached hydrogens (tertiary/aromatic N) is 2. The molecule has 0 unspecified atom stereocenters. The molecule has 14 nitrogen and oxygen atoms in total. The van der Waals surface area contributed by atoms with Gasteiger partial charge in [-0.15, -0.1) is 0 Å². The predicted octanol–water partition coefficient (Wildman–Crippen LogP) is 4.70. The van der Waals surface area contributed by atoms with Gasteiger partial charge in [-0.05, 0) is 60.5 Å². The molecule has 0 atom stereocenters. The van der Waals surface area contributed by atoms with Crippen molar-refractivity contribution in [1.29, 1.82) is 0 Å². The molecule has 14 heteroatoms. The molecular weight excluding hydrogens is 745 g/mol. The van der Waals surface area contributed by atoms with E-state index in [-0.39, 0.29) is 63.1 Å². The Morgan fingerprint density at radius 1 is 0.517 bits per heavy atom. The number of nitrogens with one attached hydrogen (secondary N) is 1. The number of anilines is 1. The fourth-order valence-electron chi connectivity index (χ4n) is 7.26. The summed E-state index contributed by atoms with van der Waals surface area (Å²) in [6.07, 6.45) is 2.50. The summed E-state index contributed by atoms with van der Waals surface area (Å²) < 4.78 is 33.5. The van der Waals surface area contributed by atoms with E-state index in [2.05, 4.69) is 12.2 Å². The fourth-order valence-corrected chi connectivity index (χ4v) is 7.26. The molecule has 2 heterocycles. The first-order valence-electron chi connectivity index (χ1n) is 20.2. The van der Waals surface area contributed by atoms with Crippen molar-refractivity contribution in [3.8, 4) is 0 Å². The Hall–Kier alpha value is -4.80. The molecule has 0 radical (unpaired) electrons.